The van der Waals surface area contributed by atoms with Gasteiger partial charge < -0.3 is 5.32 Å². The van der Waals surface area contributed by atoms with Crippen LogP contribution in [0.3, 0.4) is 0 Å². The van der Waals surface area contributed by atoms with Crippen LogP contribution in [0.15, 0.2) is 12.7 Å². The summed E-state index contributed by atoms with van der Waals surface area (Å²) < 4.78 is 0. The van der Waals surface area contributed by atoms with Crippen molar-refractivity contribution in [3.05, 3.63) is 12.7 Å². The molecule has 1 N–H and O–H groups in total. The Hall–Kier alpha value is -1.34. The van der Waals surface area contributed by atoms with Crippen LogP contribution in [-0.4, -0.2) is 37.0 Å². The van der Waals surface area contributed by atoms with E-state index in [0.29, 0.717) is 6.54 Å². The first kappa shape index (κ1) is 13.7. The van der Waals surface area contributed by atoms with Gasteiger partial charge >= 0.3 is 0 Å². The van der Waals surface area contributed by atoms with E-state index < -0.39 is 0 Å². The van der Waals surface area contributed by atoms with Gasteiger partial charge in [0.2, 0.25) is 5.91 Å². The van der Waals surface area contributed by atoms with E-state index in [1.807, 2.05) is 19.0 Å². The molecule has 0 radical (unpaired) electrons. The molecular formula is C13H21N3O. The van der Waals surface area contributed by atoms with Crippen LogP contribution in [0.1, 0.15) is 25.7 Å². The van der Waals surface area contributed by atoms with Crippen LogP contribution in [0.2, 0.25) is 0 Å². The zero-order valence-electron chi connectivity index (χ0n) is 10.7. The lowest BCUT2D eigenvalue weighted by molar-refractivity contribution is -0.126. The summed E-state index contributed by atoms with van der Waals surface area (Å²) >= 11 is 0. The van der Waals surface area contributed by atoms with Gasteiger partial charge in [0.05, 0.1) is 6.07 Å². The summed E-state index contributed by atoms with van der Waals surface area (Å²) in [6, 6.07) is 2.40. The van der Waals surface area contributed by atoms with Crippen molar-refractivity contribution in [3.8, 4) is 6.07 Å². The molecule has 0 aromatic heterocycles. The molecule has 17 heavy (non-hydrogen) atoms. The van der Waals surface area contributed by atoms with Crippen LogP contribution in [0, 0.1) is 17.2 Å². The Kier molecular flexibility index (Phi) is 4.71. The molecule has 0 spiro atoms. The molecule has 0 bridgehead atoms. The molecule has 1 aliphatic carbocycles. The van der Waals surface area contributed by atoms with E-state index in [4.69, 9.17) is 0 Å². The third kappa shape index (κ3) is 3.07. The summed E-state index contributed by atoms with van der Waals surface area (Å²) in [6.45, 7) is 4.09. The van der Waals surface area contributed by atoms with Crippen LogP contribution in [0.5, 0.6) is 0 Å². The maximum atomic E-state index is 11.8. The Morgan fingerprint density at radius 1 is 1.59 bits per heavy atom. The van der Waals surface area contributed by atoms with Gasteiger partial charge in [-0.2, -0.15) is 5.26 Å². The Labute approximate surface area is 103 Å². The van der Waals surface area contributed by atoms with Crippen LogP contribution in [0.25, 0.3) is 0 Å². The molecule has 94 valence electrons. The van der Waals surface area contributed by atoms with Gasteiger partial charge in [-0.1, -0.05) is 6.08 Å². The molecule has 0 aromatic carbocycles. The maximum Gasteiger partial charge on any atom is 0.223 e. The topological polar surface area (TPSA) is 56.1 Å². The van der Waals surface area contributed by atoms with E-state index in [1.165, 1.54) is 0 Å². The lowest BCUT2D eigenvalue weighted by Crippen LogP contribution is -2.47. The Morgan fingerprint density at radius 3 is 2.59 bits per heavy atom. The van der Waals surface area contributed by atoms with Crippen LogP contribution < -0.4 is 5.32 Å². The number of carbonyl (C=O) groups excluding carboxylic acids is 1. The van der Waals surface area contributed by atoms with Gasteiger partial charge in [0.1, 0.15) is 5.54 Å². The summed E-state index contributed by atoms with van der Waals surface area (Å²) in [4.78, 5) is 13.7. The maximum absolute atomic E-state index is 11.8. The third-order valence-corrected chi connectivity index (χ3v) is 3.67. The zero-order valence-corrected chi connectivity index (χ0v) is 10.7. The summed E-state index contributed by atoms with van der Waals surface area (Å²) in [5, 5.41) is 12.1. The molecule has 4 nitrogen and oxygen atoms in total. The first-order valence-electron chi connectivity index (χ1n) is 6.03. The molecule has 1 rings (SSSR count). The van der Waals surface area contributed by atoms with Crippen molar-refractivity contribution >= 4 is 5.91 Å². The number of rotatable bonds is 4. The van der Waals surface area contributed by atoms with Crippen molar-refractivity contribution in [2.24, 2.45) is 5.92 Å². The van der Waals surface area contributed by atoms with Gasteiger partial charge in [0.25, 0.3) is 0 Å². The standard InChI is InChI=1S/C13H21N3O/c1-4-9-15-12(17)11-5-7-13(10-14,8-6-11)16(2)3/h4,11H,1,5-9H2,2-3H3,(H,15,17). The Balaban J connectivity index is 2.53. The fourth-order valence-electron chi connectivity index (χ4n) is 2.33. The number of nitrogens with zero attached hydrogens (tertiary/aromatic N) is 2. The highest BCUT2D eigenvalue weighted by atomic mass is 16.1. The van der Waals surface area contributed by atoms with Gasteiger partial charge in [0.15, 0.2) is 0 Å². The highest BCUT2D eigenvalue weighted by molar-refractivity contribution is 5.78. The second kappa shape index (κ2) is 5.83. The summed E-state index contributed by atoms with van der Waals surface area (Å²) in [7, 11) is 3.86. The highest BCUT2D eigenvalue weighted by Crippen LogP contribution is 2.34. The monoisotopic (exact) mass is 235 g/mol. The first-order chi connectivity index (χ1) is 8.05. The molecular weight excluding hydrogens is 214 g/mol. The molecule has 1 aliphatic rings. The van der Waals surface area contributed by atoms with Crippen molar-refractivity contribution < 1.29 is 4.79 Å². The third-order valence-electron chi connectivity index (χ3n) is 3.67. The fourth-order valence-corrected chi connectivity index (χ4v) is 2.33. The van der Waals surface area contributed by atoms with Crippen molar-refractivity contribution in [2.75, 3.05) is 20.6 Å². The highest BCUT2D eigenvalue weighted by Gasteiger charge is 2.39. The average molecular weight is 235 g/mol. The van der Waals surface area contributed by atoms with E-state index in [9.17, 15) is 10.1 Å². The molecule has 0 aliphatic heterocycles. The molecule has 4 heteroatoms. The number of hydrogen-bond acceptors (Lipinski definition) is 3. The average Bonchev–Trinajstić information content (AvgIpc) is 2.35. The molecule has 1 fully saturated rings. The number of nitrogens with one attached hydrogen (secondary N) is 1. The molecule has 1 amide bonds. The lowest BCUT2D eigenvalue weighted by atomic mass is 9.76. The van der Waals surface area contributed by atoms with Crippen molar-refractivity contribution in [2.45, 2.75) is 31.2 Å². The Bertz CT molecular complexity index is 322. The number of hydrogen-bond donors (Lipinski definition) is 1. The number of amides is 1. The summed E-state index contributed by atoms with van der Waals surface area (Å²) in [5.41, 5.74) is -0.380. The first-order valence-corrected chi connectivity index (χ1v) is 6.03. The van der Waals surface area contributed by atoms with Gasteiger partial charge in [-0.25, -0.2) is 0 Å². The predicted molar refractivity (Wildman–Crippen MR) is 67.2 cm³/mol. The summed E-state index contributed by atoms with van der Waals surface area (Å²) in [5.74, 6) is 0.145. The van der Waals surface area contributed by atoms with Crippen LogP contribution in [0.4, 0.5) is 0 Å². The van der Waals surface area contributed by atoms with E-state index in [0.717, 1.165) is 25.7 Å². The van der Waals surface area contributed by atoms with E-state index in [1.54, 1.807) is 6.08 Å². The smallest absolute Gasteiger partial charge is 0.223 e. The fraction of sp³-hybridized carbons (Fsp3) is 0.692. The second-order valence-electron chi connectivity index (χ2n) is 4.85. The number of carbonyl (C=O) groups is 1. The SMILES string of the molecule is C=CCNC(=O)C1CCC(C#N)(N(C)C)CC1. The van der Waals surface area contributed by atoms with Crippen molar-refractivity contribution in [1.82, 2.24) is 10.2 Å². The van der Waals surface area contributed by atoms with Crippen LogP contribution in [-0.2, 0) is 4.79 Å². The molecule has 0 unspecified atom stereocenters. The normalized spacial score (nSPS) is 28.5. The number of nitriles is 1. The Morgan fingerprint density at radius 2 is 2.18 bits per heavy atom. The van der Waals surface area contributed by atoms with E-state index >= 15 is 0 Å². The predicted octanol–water partition coefficient (Wildman–Crippen LogP) is 1.30. The van der Waals surface area contributed by atoms with Crippen molar-refractivity contribution in [3.63, 3.8) is 0 Å². The lowest BCUT2D eigenvalue weighted by Gasteiger charge is -2.39. The molecule has 1 saturated carbocycles. The molecule has 0 atom stereocenters. The minimum Gasteiger partial charge on any atom is -0.352 e. The second-order valence-corrected chi connectivity index (χ2v) is 4.85. The minimum absolute atomic E-state index is 0.0522. The zero-order chi connectivity index (χ0) is 12.9. The van der Waals surface area contributed by atoms with Gasteiger partial charge in [-0.05, 0) is 39.8 Å². The van der Waals surface area contributed by atoms with Crippen molar-refractivity contribution in [1.29, 1.82) is 5.26 Å². The van der Waals surface area contributed by atoms with Gasteiger partial charge in [-0.3, -0.25) is 9.69 Å². The van der Waals surface area contributed by atoms with E-state index in [2.05, 4.69) is 18.0 Å². The van der Waals surface area contributed by atoms with E-state index in [-0.39, 0.29) is 17.4 Å². The molecule has 0 saturated heterocycles. The largest absolute Gasteiger partial charge is 0.352 e. The van der Waals surface area contributed by atoms with Gasteiger partial charge in [-0.15, -0.1) is 6.58 Å². The quantitative estimate of drug-likeness (QED) is 0.747. The summed E-state index contributed by atoms with van der Waals surface area (Å²) in [6.07, 6.45) is 4.79. The van der Waals surface area contributed by atoms with Crippen LogP contribution >= 0.6 is 0 Å². The molecule has 0 aromatic rings. The molecule has 0 heterocycles. The minimum atomic E-state index is -0.380. The van der Waals surface area contributed by atoms with Gasteiger partial charge in [0, 0.05) is 12.5 Å².